The maximum absolute atomic E-state index is 12.6. The monoisotopic (exact) mass is 406 g/mol. The highest BCUT2D eigenvalue weighted by Crippen LogP contribution is 2.09. The summed E-state index contributed by atoms with van der Waals surface area (Å²) in [6.07, 6.45) is 0.601. The van der Waals surface area contributed by atoms with E-state index in [2.05, 4.69) is 10.6 Å². The molecule has 0 aliphatic rings. The number of hydrogen-bond donors (Lipinski definition) is 5. The molecule has 0 saturated heterocycles. The number of nitrogens with one attached hydrogen (secondary N) is 2. The van der Waals surface area contributed by atoms with E-state index in [1.165, 1.54) is 0 Å². The highest BCUT2D eigenvalue weighted by atomic mass is 16.4. The number of benzene rings is 1. The minimum Gasteiger partial charge on any atom is -0.480 e. The molecule has 1 aromatic rings. The SMILES string of the molecule is CC[C@H](C)[C@H](NC(=O)[C@H](CCC(N)=O)NC(=O)[C@@H](N)Cc1ccccc1)C(=O)O. The lowest BCUT2D eigenvalue weighted by atomic mass is 9.98. The molecule has 1 rings (SSSR count). The highest BCUT2D eigenvalue weighted by Gasteiger charge is 2.30. The molecule has 7 N–H and O–H groups in total. The molecular weight excluding hydrogens is 376 g/mol. The summed E-state index contributed by atoms with van der Waals surface area (Å²) in [5.41, 5.74) is 12.0. The summed E-state index contributed by atoms with van der Waals surface area (Å²) < 4.78 is 0. The molecule has 9 heteroatoms. The van der Waals surface area contributed by atoms with Gasteiger partial charge in [0.15, 0.2) is 0 Å². The van der Waals surface area contributed by atoms with Crippen LogP contribution in [0.4, 0.5) is 0 Å². The number of primary amides is 1. The Morgan fingerprint density at radius 3 is 2.21 bits per heavy atom. The van der Waals surface area contributed by atoms with Crippen LogP contribution in [0.2, 0.25) is 0 Å². The molecule has 0 heterocycles. The summed E-state index contributed by atoms with van der Waals surface area (Å²) in [6.45, 7) is 3.51. The summed E-state index contributed by atoms with van der Waals surface area (Å²) in [5.74, 6) is -3.40. The van der Waals surface area contributed by atoms with Gasteiger partial charge in [-0.2, -0.15) is 0 Å². The zero-order valence-corrected chi connectivity index (χ0v) is 16.8. The number of amides is 3. The maximum Gasteiger partial charge on any atom is 0.326 e. The standard InChI is InChI=1S/C20H30N4O5/c1-3-12(2)17(20(28)29)24-19(27)15(9-10-16(22)25)23-18(26)14(21)11-13-7-5-4-6-8-13/h4-8,12,14-15,17H,3,9-11,21H2,1-2H3,(H2,22,25)(H,23,26)(H,24,27)(H,28,29)/t12-,14-,15-,17-/m0/s1. The van der Waals surface area contributed by atoms with Crippen LogP contribution in [-0.4, -0.2) is 46.9 Å². The molecule has 4 atom stereocenters. The molecule has 0 spiro atoms. The fourth-order valence-electron chi connectivity index (χ4n) is 2.73. The lowest BCUT2D eigenvalue weighted by Crippen LogP contribution is -2.56. The maximum atomic E-state index is 12.6. The Balaban J connectivity index is 2.84. The molecule has 0 fully saturated rings. The zero-order valence-electron chi connectivity index (χ0n) is 16.8. The molecule has 0 aliphatic carbocycles. The van der Waals surface area contributed by atoms with Gasteiger partial charge in [0.25, 0.3) is 0 Å². The predicted octanol–water partition coefficient (Wildman–Crippen LogP) is -0.0778. The van der Waals surface area contributed by atoms with Gasteiger partial charge in [-0.3, -0.25) is 14.4 Å². The van der Waals surface area contributed by atoms with Gasteiger partial charge in [-0.25, -0.2) is 4.79 Å². The molecule has 0 aliphatic heterocycles. The first-order valence-electron chi connectivity index (χ1n) is 9.57. The number of carboxylic acid groups (broad SMARTS) is 1. The van der Waals surface area contributed by atoms with Crippen LogP contribution in [0.1, 0.15) is 38.7 Å². The van der Waals surface area contributed by atoms with Gasteiger partial charge in [-0.15, -0.1) is 0 Å². The normalized spacial score (nSPS) is 14.9. The van der Waals surface area contributed by atoms with E-state index in [1.807, 2.05) is 37.3 Å². The van der Waals surface area contributed by atoms with Gasteiger partial charge in [-0.05, 0) is 24.3 Å². The Hall–Kier alpha value is -2.94. The number of carboxylic acids is 1. The number of nitrogens with two attached hydrogens (primary N) is 2. The van der Waals surface area contributed by atoms with E-state index in [1.54, 1.807) is 6.92 Å². The van der Waals surface area contributed by atoms with Crippen molar-refractivity contribution < 1.29 is 24.3 Å². The average molecular weight is 406 g/mol. The molecule has 160 valence electrons. The third-order valence-electron chi connectivity index (χ3n) is 4.72. The largest absolute Gasteiger partial charge is 0.480 e. The van der Waals surface area contributed by atoms with Gasteiger partial charge in [0.2, 0.25) is 17.7 Å². The summed E-state index contributed by atoms with van der Waals surface area (Å²) >= 11 is 0. The van der Waals surface area contributed by atoms with Crippen molar-refractivity contribution in [2.24, 2.45) is 17.4 Å². The Kier molecular flexibility index (Phi) is 9.81. The number of rotatable bonds is 12. The predicted molar refractivity (Wildman–Crippen MR) is 108 cm³/mol. The lowest BCUT2D eigenvalue weighted by molar-refractivity contribution is -0.144. The van der Waals surface area contributed by atoms with Crippen molar-refractivity contribution in [3.05, 3.63) is 35.9 Å². The number of aliphatic carboxylic acids is 1. The van der Waals surface area contributed by atoms with Crippen LogP contribution < -0.4 is 22.1 Å². The van der Waals surface area contributed by atoms with Gasteiger partial charge in [0, 0.05) is 6.42 Å². The molecule has 9 nitrogen and oxygen atoms in total. The van der Waals surface area contributed by atoms with E-state index in [0.717, 1.165) is 5.56 Å². The van der Waals surface area contributed by atoms with Crippen LogP contribution in [0, 0.1) is 5.92 Å². The molecule has 1 aromatic carbocycles. The van der Waals surface area contributed by atoms with Gasteiger partial charge >= 0.3 is 5.97 Å². The minimum absolute atomic E-state index is 0.0577. The molecule has 0 bridgehead atoms. The first kappa shape index (κ1) is 24.1. The summed E-state index contributed by atoms with van der Waals surface area (Å²) in [4.78, 5) is 47.7. The van der Waals surface area contributed by atoms with Gasteiger partial charge in [-0.1, -0.05) is 50.6 Å². The molecule has 0 unspecified atom stereocenters. The Bertz CT molecular complexity index is 710. The first-order chi connectivity index (χ1) is 13.6. The van der Waals surface area contributed by atoms with Crippen molar-refractivity contribution in [2.45, 2.75) is 57.7 Å². The van der Waals surface area contributed by atoms with Crippen molar-refractivity contribution in [1.29, 1.82) is 0 Å². The second kappa shape index (κ2) is 11.8. The van der Waals surface area contributed by atoms with E-state index in [0.29, 0.717) is 6.42 Å². The number of carbonyl (C=O) groups excluding carboxylic acids is 3. The summed E-state index contributed by atoms with van der Waals surface area (Å²) in [7, 11) is 0. The lowest BCUT2D eigenvalue weighted by Gasteiger charge is -2.25. The van der Waals surface area contributed by atoms with Crippen molar-refractivity contribution in [3.63, 3.8) is 0 Å². The van der Waals surface area contributed by atoms with Crippen molar-refractivity contribution in [1.82, 2.24) is 10.6 Å². The van der Waals surface area contributed by atoms with Crippen LogP contribution in [0.3, 0.4) is 0 Å². The van der Waals surface area contributed by atoms with E-state index in [-0.39, 0.29) is 25.2 Å². The minimum atomic E-state index is -1.17. The summed E-state index contributed by atoms with van der Waals surface area (Å²) in [5, 5.41) is 14.3. The number of hydrogen-bond acceptors (Lipinski definition) is 5. The Labute approximate surface area is 170 Å². The smallest absolute Gasteiger partial charge is 0.326 e. The molecule has 3 amide bonds. The van der Waals surface area contributed by atoms with Crippen LogP contribution >= 0.6 is 0 Å². The quantitative estimate of drug-likeness (QED) is 0.326. The zero-order chi connectivity index (χ0) is 22.0. The topological polar surface area (TPSA) is 165 Å². The highest BCUT2D eigenvalue weighted by molar-refractivity contribution is 5.92. The molecule has 0 aromatic heterocycles. The average Bonchev–Trinajstić information content (AvgIpc) is 2.68. The van der Waals surface area contributed by atoms with E-state index in [4.69, 9.17) is 11.5 Å². The molecular formula is C20H30N4O5. The molecule has 29 heavy (non-hydrogen) atoms. The van der Waals surface area contributed by atoms with Crippen molar-refractivity contribution in [2.75, 3.05) is 0 Å². The van der Waals surface area contributed by atoms with Gasteiger partial charge < -0.3 is 27.2 Å². The van der Waals surface area contributed by atoms with Crippen LogP contribution in [0.5, 0.6) is 0 Å². The fraction of sp³-hybridized carbons (Fsp3) is 0.500. The van der Waals surface area contributed by atoms with Crippen LogP contribution in [-0.2, 0) is 25.6 Å². The second-order valence-electron chi connectivity index (χ2n) is 7.07. The van der Waals surface area contributed by atoms with Crippen LogP contribution in [0.15, 0.2) is 30.3 Å². The Morgan fingerprint density at radius 1 is 1.07 bits per heavy atom. The van der Waals surface area contributed by atoms with E-state index in [9.17, 15) is 24.3 Å². The summed E-state index contributed by atoms with van der Waals surface area (Å²) in [6, 6.07) is 6.00. The van der Waals surface area contributed by atoms with Crippen molar-refractivity contribution >= 4 is 23.7 Å². The van der Waals surface area contributed by atoms with Gasteiger partial charge in [0.05, 0.1) is 6.04 Å². The molecule has 0 saturated carbocycles. The van der Waals surface area contributed by atoms with Gasteiger partial charge in [0.1, 0.15) is 12.1 Å². The van der Waals surface area contributed by atoms with E-state index >= 15 is 0 Å². The Morgan fingerprint density at radius 2 is 1.69 bits per heavy atom. The third-order valence-corrected chi connectivity index (χ3v) is 4.72. The third kappa shape index (κ3) is 8.30. The van der Waals surface area contributed by atoms with E-state index < -0.39 is 41.8 Å². The second-order valence-corrected chi connectivity index (χ2v) is 7.07. The van der Waals surface area contributed by atoms with Crippen LogP contribution in [0.25, 0.3) is 0 Å². The molecule has 0 radical (unpaired) electrons. The van der Waals surface area contributed by atoms with Crippen molar-refractivity contribution in [3.8, 4) is 0 Å². The number of carbonyl (C=O) groups is 4. The fourth-order valence-corrected chi connectivity index (χ4v) is 2.73. The first-order valence-corrected chi connectivity index (χ1v) is 9.57.